The molecule has 0 radical (unpaired) electrons. The first-order valence-electron chi connectivity index (χ1n) is 7.55. The van der Waals surface area contributed by atoms with Crippen molar-refractivity contribution in [2.45, 2.75) is 20.0 Å². The number of carbonyl (C=O) groups excluding carboxylic acids is 2. The number of amides is 2. The second kappa shape index (κ2) is 9.27. The summed E-state index contributed by atoms with van der Waals surface area (Å²) in [6.45, 7) is 2.38. The second-order valence-corrected chi connectivity index (χ2v) is 6.49. The van der Waals surface area contributed by atoms with Gasteiger partial charge in [0.05, 0.1) is 0 Å². The molecule has 0 fully saturated rings. The molecule has 24 heavy (non-hydrogen) atoms. The van der Waals surface area contributed by atoms with Gasteiger partial charge in [-0.15, -0.1) is 0 Å². The SMILES string of the molecule is Cc1cc(I)ccc1NC(=O)CCNC(=O)OCc1ccccc1. The fourth-order valence-corrected chi connectivity index (χ4v) is 2.68. The van der Waals surface area contributed by atoms with Crippen LogP contribution in [-0.2, 0) is 16.1 Å². The summed E-state index contributed by atoms with van der Waals surface area (Å²) in [4.78, 5) is 23.5. The van der Waals surface area contributed by atoms with Crippen molar-refractivity contribution in [1.29, 1.82) is 0 Å². The first-order valence-corrected chi connectivity index (χ1v) is 8.63. The van der Waals surface area contributed by atoms with Crippen LogP contribution in [-0.4, -0.2) is 18.5 Å². The Balaban J connectivity index is 1.67. The molecule has 0 atom stereocenters. The first kappa shape index (κ1) is 18.3. The third-order valence-electron chi connectivity index (χ3n) is 3.30. The van der Waals surface area contributed by atoms with Gasteiger partial charge < -0.3 is 15.4 Å². The molecule has 0 aromatic heterocycles. The lowest BCUT2D eigenvalue weighted by Crippen LogP contribution is -2.28. The van der Waals surface area contributed by atoms with Gasteiger partial charge in [-0.2, -0.15) is 0 Å². The van der Waals surface area contributed by atoms with E-state index in [4.69, 9.17) is 4.74 Å². The number of halogens is 1. The molecule has 6 heteroatoms. The van der Waals surface area contributed by atoms with Crippen molar-refractivity contribution in [1.82, 2.24) is 5.32 Å². The monoisotopic (exact) mass is 438 g/mol. The van der Waals surface area contributed by atoms with Crippen molar-refractivity contribution in [3.05, 3.63) is 63.2 Å². The Hall–Kier alpha value is -2.09. The smallest absolute Gasteiger partial charge is 0.407 e. The van der Waals surface area contributed by atoms with Crippen LogP contribution in [0.1, 0.15) is 17.5 Å². The largest absolute Gasteiger partial charge is 0.445 e. The van der Waals surface area contributed by atoms with E-state index in [-0.39, 0.29) is 25.5 Å². The minimum absolute atomic E-state index is 0.150. The van der Waals surface area contributed by atoms with Crippen LogP contribution in [0.4, 0.5) is 10.5 Å². The predicted octanol–water partition coefficient (Wildman–Crippen LogP) is 3.85. The van der Waals surface area contributed by atoms with Gasteiger partial charge in [0.15, 0.2) is 0 Å². The number of aryl methyl sites for hydroxylation is 1. The van der Waals surface area contributed by atoms with Gasteiger partial charge in [0.25, 0.3) is 0 Å². The summed E-state index contributed by atoms with van der Waals surface area (Å²) >= 11 is 2.22. The second-order valence-electron chi connectivity index (χ2n) is 5.25. The fourth-order valence-electron chi connectivity index (χ4n) is 2.03. The summed E-state index contributed by atoms with van der Waals surface area (Å²) < 4.78 is 6.19. The zero-order valence-electron chi connectivity index (χ0n) is 13.3. The molecular formula is C18H19IN2O3. The van der Waals surface area contributed by atoms with Crippen LogP contribution >= 0.6 is 22.6 Å². The highest BCUT2D eigenvalue weighted by molar-refractivity contribution is 14.1. The fraction of sp³-hybridized carbons (Fsp3) is 0.222. The van der Waals surface area contributed by atoms with Crippen LogP contribution in [0, 0.1) is 10.5 Å². The zero-order chi connectivity index (χ0) is 17.4. The summed E-state index contributed by atoms with van der Waals surface area (Å²) in [5.74, 6) is -0.150. The Labute approximate surface area is 154 Å². The minimum atomic E-state index is -0.530. The normalized spacial score (nSPS) is 10.1. The van der Waals surface area contributed by atoms with E-state index < -0.39 is 6.09 Å². The molecule has 0 bridgehead atoms. The van der Waals surface area contributed by atoms with Crippen molar-refractivity contribution < 1.29 is 14.3 Å². The zero-order valence-corrected chi connectivity index (χ0v) is 15.5. The molecular weight excluding hydrogens is 419 g/mol. The van der Waals surface area contributed by atoms with Gasteiger partial charge in [-0.25, -0.2) is 4.79 Å². The molecule has 2 rings (SSSR count). The molecule has 126 valence electrons. The number of ether oxygens (including phenoxy) is 1. The molecule has 0 aliphatic carbocycles. The van der Waals surface area contributed by atoms with E-state index >= 15 is 0 Å². The average molecular weight is 438 g/mol. The molecule has 2 aromatic rings. The number of hydrogen-bond donors (Lipinski definition) is 2. The quantitative estimate of drug-likeness (QED) is 0.674. The Morgan fingerprint density at radius 1 is 1.12 bits per heavy atom. The maximum absolute atomic E-state index is 11.9. The van der Waals surface area contributed by atoms with E-state index in [1.807, 2.05) is 55.5 Å². The third kappa shape index (κ3) is 6.19. The molecule has 0 unspecified atom stereocenters. The first-order chi connectivity index (χ1) is 11.5. The van der Waals surface area contributed by atoms with Crippen molar-refractivity contribution in [3.8, 4) is 0 Å². The summed E-state index contributed by atoms with van der Waals surface area (Å²) in [5, 5.41) is 5.40. The van der Waals surface area contributed by atoms with E-state index in [0.717, 1.165) is 20.4 Å². The summed E-state index contributed by atoms with van der Waals surface area (Å²) in [6.07, 6.45) is -0.344. The molecule has 2 aromatic carbocycles. The number of rotatable bonds is 6. The van der Waals surface area contributed by atoms with Gasteiger partial charge in [0.1, 0.15) is 6.61 Å². The molecule has 0 heterocycles. The number of nitrogens with one attached hydrogen (secondary N) is 2. The highest BCUT2D eigenvalue weighted by atomic mass is 127. The molecule has 0 saturated carbocycles. The van der Waals surface area contributed by atoms with E-state index in [1.54, 1.807) is 0 Å². The number of hydrogen-bond acceptors (Lipinski definition) is 3. The molecule has 0 spiro atoms. The number of benzene rings is 2. The van der Waals surface area contributed by atoms with Crippen LogP contribution < -0.4 is 10.6 Å². The standard InChI is InChI=1S/C18H19IN2O3/c1-13-11-15(19)7-8-16(13)21-17(22)9-10-20-18(23)24-12-14-5-3-2-4-6-14/h2-8,11H,9-10,12H2,1H3,(H,20,23)(H,21,22). The average Bonchev–Trinajstić information content (AvgIpc) is 2.56. The summed E-state index contributed by atoms with van der Waals surface area (Å²) in [7, 11) is 0. The van der Waals surface area contributed by atoms with Crippen LogP contribution in [0.3, 0.4) is 0 Å². The highest BCUT2D eigenvalue weighted by Gasteiger charge is 2.07. The number of alkyl carbamates (subject to hydrolysis) is 1. The number of anilines is 1. The van der Waals surface area contributed by atoms with Crippen molar-refractivity contribution in [2.75, 3.05) is 11.9 Å². The van der Waals surface area contributed by atoms with Gasteiger partial charge >= 0.3 is 6.09 Å². The van der Waals surface area contributed by atoms with Crippen LogP contribution in [0.2, 0.25) is 0 Å². The van der Waals surface area contributed by atoms with Crippen LogP contribution in [0.15, 0.2) is 48.5 Å². The van der Waals surface area contributed by atoms with E-state index in [2.05, 4.69) is 33.2 Å². The minimum Gasteiger partial charge on any atom is -0.445 e. The maximum Gasteiger partial charge on any atom is 0.407 e. The van der Waals surface area contributed by atoms with Crippen molar-refractivity contribution >= 4 is 40.3 Å². The van der Waals surface area contributed by atoms with Gasteiger partial charge in [0, 0.05) is 22.2 Å². The molecule has 5 nitrogen and oxygen atoms in total. The highest BCUT2D eigenvalue weighted by Crippen LogP contribution is 2.17. The van der Waals surface area contributed by atoms with Gasteiger partial charge in [-0.05, 0) is 58.8 Å². The summed E-state index contributed by atoms with van der Waals surface area (Å²) in [5.41, 5.74) is 2.71. The molecule has 0 aliphatic rings. The molecule has 0 aliphatic heterocycles. The van der Waals surface area contributed by atoms with E-state index in [9.17, 15) is 9.59 Å². The molecule has 0 saturated heterocycles. The van der Waals surface area contributed by atoms with Gasteiger partial charge in [0.2, 0.25) is 5.91 Å². The number of carbonyl (C=O) groups is 2. The molecule has 2 N–H and O–H groups in total. The lowest BCUT2D eigenvalue weighted by atomic mass is 10.2. The van der Waals surface area contributed by atoms with Crippen molar-refractivity contribution in [3.63, 3.8) is 0 Å². The predicted molar refractivity (Wildman–Crippen MR) is 102 cm³/mol. The van der Waals surface area contributed by atoms with Crippen molar-refractivity contribution in [2.24, 2.45) is 0 Å². The Morgan fingerprint density at radius 2 is 1.88 bits per heavy atom. The maximum atomic E-state index is 11.9. The molecule has 2 amide bonds. The Bertz CT molecular complexity index is 705. The van der Waals surface area contributed by atoms with E-state index in [1.165, 1.54) is 0 Å². The van der Waals surface area contributed by atoms with Crippen LogP contribution in [0.25, 0.3) is 0 Å². The van der Waals surface area contributed by atoms with Gasteiger partial charge in [-0.3, -0.25) is 4.79 Å². The van der Waals surface area contributed by atoms with Gasteiger partial charge in [-0.1, -0.05) is 30.3 Å². The Kier molecular flexibility index (Phi) is 7.05. The topological polar surface area (TPSA) is 67.4 Å². The lowest BCUT2D eigenvalue weighted by Gasteiger charge is -2.10. The van der Waals surface area contributed by atoms with E-state index in [0.29, 0.717) is 0 Å². The third-order valence-corrected chi connectivity index (χ3v) is 3.97. The lowest BCUT2D eigenvalue weighted by molar-refractivity contribution is -0.116. The Morgan fingerprint density at radius 3 is 2.58 bits per heavy atom. The summed E-state index contributed by atoms with van der Waals surface area (Å²) in [6, 6.07) is 15.2. The van der Waals surface area contributed by atoms with Crippen LogP contribution in [0.5, 0.6) is 0 Å².